The van der Waals surface area contributed by atoms with Crippen molar-refractivity contribution in [1.29, 1.82) is 0 Å². The lowest BCUT2D eigenvalue weighted by Crippen LogP contribution is -2.05. The maximum atomic E-state index is 16.6. The molecule has 0 amide bonds. The van der Waals surface area contributed by atoms with Gasteiger partial charge in [0.15, 0.2) is 116 Å². The number of benzene rings is 5. The second kappa shape index (κ2) is 18.7. The van der Waals surface area contributed by atoms with Gasteiger partial charge < -0.3 is 9.38 Å². The van der Waals surface area contributed by atoms with Crippen LogP contribution in [-0.4, -0.2) is 18.8 Å². The predicted molar refractivity (Wildman–Crippen MR) is 245 cm³/mol. The molecule has 12 aromatic rings. The molecule has 5 aromatic carbocycles. The number of hydrogen-bond acceptors (Lipinski definition) is 1. The Morgan fingerprint density at radius 3 is 0.988 bits per heavy atom. The average molecular weight is 1200 g/mol. The predicted octanol–water partition coefficient (Wildman–Crippen LogP) is 17.9. The zero-order valence-electron chi connectivity index (χ0n) is 39.6. The van der Waals surface area contributed by atoms with E-state index in [1.807, 2.05) is 0 Å². The Balaban J connectivity index is 1.43. The third kappa shape index (κ3) is 7.11. The number of hydrogen-bond donors (Lipinski definition) is 1. The summed E-state index contributed by atoms with van der Waals surface area (Å²) >= 11 is 0. The van der Waals surface area contributed by atoms with Crippen LogP contribution in [0.15, 0.2) is 60.7 Å². The molecule has 0 saturated heterocycles. The Hall–Kier alpha value is -9.70. The number of halogens is 25. The second-order valence-electron chi connectivity index (χ2n) is 18.1. The van der Waals surface area contributed by atoms with Crippen LogP contribution in [0.3, 0.4) is 0 Å². The third-order valence-corrected chi connectivity index (χ3v) is 13.8. The van der Waals surface area contributed by atoms with E-state index >= 15 is 87.8 Å². The van der Waals surface area contributed by atoms with Crippen LogP contribution < -0.4 is 0 Å². The van der Waals surface area contributed by atoms with Gasteiger partial charge in [-0.05, 0) is 36.4 Å². The summed E-state index contributed by atoms with van der Waals surface area (Å²) in [5.74, 6) is -68.5. The molecule has 0 aliphatic carbocycles. The summed E-state index contributed by atoms with van der Waals surface area (Å²) in [6, 6.07) is 4.84. The molecule has 0 spiro atoms. The summed E-state index contributed by atoms with van der Waals surface area (Å²) in [4.78, 5) is 6.32. The van der Waals surface area contributed by atoms with Crippen molar-refractivity contribution in [2.45, 2.75) is 0 Å². The van der Waals surface area contributed by atoms with E-state index in [9.17, 15) is 22.0 Å². The Bertz CT molecular complexity index is 4950. The van der Waals surface area contributed by atoms with Gasteiger partial charge in [-0.15, -0.1) is 0 Å². The highest BCUT2D eigenvalue weighted by atomic mass is 19.2. The SMILES string of the molecule is Fc1c(F)c(F)c(-c2ccccc(-c3c(F)c(F)c(F)c(F)c3F)c3ccc4c(-c5c(F)c(F)c(F)c(F)c5F)c5[nH]c(cc5n34)c(-c3c(F)c(F)c(F)c(F)c3F)c3ccc4c(-c5c(F)c(F)c(F)c(F)c5F)c5cc2nc5n34)c(F)c1F. The van der Waals surface area contributed by atoms with Crippen molar-refractivity contribution >= 4 is 55.2 Å². The van der Waals surface area contributed by atoms with Gasteiger partial charge in [0.1, 0.15) is 5.65 Å². The summed E-state index contributed by atoms with van der Waals surface area (Å²) in [7, 11) is 0. The molecule has 0 aliphatic heterocycles. The zero-order valence-corrected chi connectivity index (χ0v) is 39.6. The molecule has 1 N–H and O–H groups in total. The lowest BCUT2D eigenvalue weighted by Gasteiger charge is -2.11. The fourth-order valence-corrected chi connectivity index (χ4v) is 10.2. The summed E-state index contributed by atoms with van der Waals surface area (Å²) in [6.45, 7) is 0. The number of nitrogens with zero attached hydrogens (tertiary/aromatic N) is 3. The molecule has 0 unspecified atom stereocenters. The molecule has 7 heterocycles. The first kappa shape index (κ1) is 54.9. The van der Waals surface area contributed by atoms with Gasteiger partial charge in [0.2, 0.25) is 29.1 Å². The summed E-state index contributed by atoms with van der Waals surface area (Å²) in [6.07, 6.45) is 0. The molecule has 12 rings (SSSR count). The van der Waals surface area contributed by atoms with E-state index in [-0.39, 0.29) is 0 Å². The molecule has 4 bridgehead atoms. The minimum absolute atomic E-state index is 0.316. The van der Waals surface area contributed by atoms with Crippen molar-refractivity contribution in [3.05, 3.63) is 206 Å². The molecule has 426 valence electrons. The van der Waals surface area contributed by atoms with Crippen molar-refractivity contribution in [3.63, 3.8) is 0 Å². The van der Waals surface area contributed by atoms with E-state index in [4.69, 9.17) is 0 Å². The van der Waals surface area contributed by atoms with Crippen LogP contribution in [0, 0.1) is 145 Å². The number of aromatic amines is 1. The van der Waals surface area contributed by atoms with E-state index in [2.05, 4.69) is 9.97 Å². The largest absolute Gasteiger partial charge is 0.353 e. The lowest BCUT2D eigenvalue weighted by molar-refractivity contribution is 0.381. The van der Waals surface area contributed by atoms with Gasteiger partial charge in [0.25, 0.3) is 0 Å². The van der Waals surface area contributed by atoms with Gasteiger partial charge in [-0.25, -0.2) is 115 Å². The maximum absolute atomic E-state index is 16.6. The first-order chi connectivity index (χ1) is 39.6. The smallest absolute Gasteiger partial charge is 0.200 e. The topological polar surface area (TPSA) is 37.5 Å². The van der Waals surface area contributed by atoms with Crippen LogP contribution in [0.4, 0.5) is 110 Å². The fraction of sp³-hybridized carbons (Fsp3) is 0. The molecule has 7 aromatic heterocycles. The molecular weight excluding hydrogens is 1190 g/mol. The van der Waals surface area contributed by atoms with Crippen molar-refractivity contribution in [2.75, 3.05) is 0 Å². The van der Waals surface area contributed by atoms with Gasteiger partial charge in [-0.1, -0.05) is 24.3 Å². The van der Waals surface area contributed by atoms with Gasteiger partial charge in [-0.3, -0.25) is 4.40 Å². The van der Waals surface area contributed by atoms with E-state index in [1.165, 1.54) is 0 Å². The van der Waals surface area contributed by atoms with Crippen LogP contribution >= 0.6 is 0 Å². The van der Waals surface area contributed by atoms with Crippen molar-refractivity contribution in [3.8, 4) is 55.6 Å². The lowest BCUT2D eigenvalue weighted by atomic mass is 10.0. The van der Waals surface area contributed by atoms with Crippen LogP contribution in [0.1, 0.15) is 0 Å². The monoisotopic (exact) mass is 1200 g/mol. The first-order valence-corrected chi connectivity index (χ1v) is 22.8. The minimum atomic E-state index is -2.88. The van der Waals surface area contributed by atoms with E-state index in [0.717, 1.165) is 0 Å². The number of nitrogens with one attached hydrogen (secondary N) is 1. The Kier molecular flexibility index (Phi) is 12.2. The number of aromatic nitrogens is 4. The molecule has 0 fully saturated rings. The highest BCUT2D eigenvalue weighted by molar-refractivity contribution is 6.14. The second-order valence-corrected chi connectivity index (χ2v) is 18.1. The Morgan fingerprint density at radius 2 is 0.571 bits per heavy atom. The van der Waals surface area contributed by atoms with E-state index < -0.39 is 256 Å². The van der Waals surface area contributed by atoms with Crippen LogP contribution in [-0.2, 0) is 0 Å². The van der Waals surface area contributed by atoms with Gasteiger partial charge >= 0.3 is 0 Å². The van der Waals surface area contributed by atoms with Crippen molar-refractivity contribution in [1.82, 2.24) is 18.8 Å². The molecule has 84 heavy (non-hydrogen) atoms. The van der Waals surface area contributed by atoms with Gasteiger partial charge in [-0.2, -0.15) is 0 Å². The minimum Gasteiger partial charge on any atom is -0.353 e. The highest BCUT2D eigenvalue weighted by Crippen LogP contribution is 2.49. The first-order valence-electron chi connectivity index (χ1n) is 22.8. The summed E-state index contributed by atoms with van der Waals surface area (Å²) in [5.41, 5.74) is -26.3. The Morgan fingerprint density at radius 1 is 0.262 bits per heavy atom. The summed E-state index contributed by atoms with van der Waals surface area (Å²) < 4.78 is 389. The van der Waals surface area contributed by atoms with E-state index in [1.54, 1.807) is 0 Å². The number of H-pyrrole nitrogens is 1. The Labute approximate surface area is 444 Å². The van der Waals surface area contributed by atoms with Gasteiger partial charge in [0, 0.05) is 33.2 Å². The molecule has 0 aliphatic rings. The fourth-order valence-electron chi connectivity index (χ4n) is 10.2. The molecule has 29 heteroatoms. The highest BCUT2D eigenvalue weighted by Gasteiger charge is 2.37. The van der Waals surface area contributed by atoms with Gasteiger partial charge in [0.05, 0.1) is 72.0 Å². The van der Waals surface area contributed by atoms with Crippen molar-refractivity contribution < 1.29 is 110 Å². The quantitative estimate of drug-likeness (QED) is 0.104. The summed E-state index contributed by atoms with van der Waals surface area (Å²) in [5, 5.41) is -1.03. The maximum Gasteiger partial charge on any atom is 0.200 e. The van der Waals surface area contributed by atoms with Crippen LogP contribution in [0.5, 0.6) is 0 Å². The molecule has 0 atom stereocenters. The normalized spacial score (nSPS) is 12.1. The third-order valence-electron chi connectivity index (χ3n) is 13.8. The number of rotatable bonds is 5. The zero-order chi connectivity index (χ0) is 60.6. The van der Waals surface area contributed by atoms with Crippen LogP contribution in [0.25, 0.3) is 111 Å². The van der Waals surface area contributed by atoms with Crippen molar-refractivity contribution in [2.24, 2.45) is 0 Å². The number of fused-ring (bicyclic) bond motifs is 2. The average Bonchev–Trinajstić information content (AvgIpc) is 4.42. The molecular formula is C55H11F25N4. The standard InChI is InChI=1S/C55H11F25N4/c56-29-22(30(57)40(67)49(76)39(29)66)11-3-1-2-4-12(23-31(58)41(68)50(77)42(69)32(23)59)16-5-6-19-25(28-37(64)47(74)53(80)48(75)38(28)65)54-20(83(16)19)10-15(81-54)24(27-35(62)45(72)52(79)46(73)36(27)63)18-8-7-17-21(13-9-14(11)82-55(13)84(17)18)26-33(60)43(70)51(78)44(71)34(26)61/h1-10,81H. The molecule has 4 nitrogen and oxygen atoms in total. The molecule has 0 radical (unpaired) electrons. The van der Waals surface area contributed by atoms with Crippen LogP contribution in [0.2, 0.25) is 0 Å². The van der Waals surface area contributed by atoms with E-state index in [0.29, 0.717) is 69.5 Å². The molecule has 0 saturated carbocycles.